The maximum absolute atomic E-state index is 11.9. The third kappa shape index (κ3) is 6.97. The van der Waals surface area contributed by atoms with E-state index in [4.69, 9.17) is 4.99 Å². The van der Waals surface area contributed by atoms with Crippen molar-refractivity contribution >= 4 is 41.7 Å². The Morgan fingerprint density at radius 2 is 1.97 bits per heavy atom. The number of carbonyl (C=O) groups excluding carboxylic acids is 1. The molecule has 0 saturated carbocycles. The standard InChI is InChI=1S/C21H35N7O.HI/c1-4-20(29)28-9-8-18(16-28)25-21(22-5-2)24-15-17-6-7-19(23-14-17)27-12-10-26(3)11-13-27;/h6-7,14,18H,4-5,8-13,15-16H2,1-3H3,(H2,22,24,25);1H. The number of nitrogens with zero attached hydrogens (tertiary/aromatic N) is 5. The summed E-state index contributed by atoms with van der Waals surface area (Å²) in [4.78, 5) is 27.9. The van der Waals surface area contributed by atoms with Crippen LogP contribution in [0.3, 0.4) is 0 Å². The molecule has 0 spiro atoms. The second-order valence-electron chi connectivity index (χ2n) is 7.83. The molecule has 2 saturated heterocycles. The molecule has 9 heteroatoms. The molecule has 0 aromatic carbocycles. The minimum atomic E-state index is 0. The number of halogens is 1. The first-order valence-corrected chi connectivity index (χ1v) is 10.8. The van der Waals surface area contributed by atoms with Crippen LogP contribution in [0, 0.1) is 0 Å². The molecule has 2 fully saturated rings. The number of anilines is 1. The molecule has 3 heterocycles. The molecule has 8 nitrogen and oxygen atoms in total. The molecular formula is C21H36IN7O. The van der Waals surface area contributed by atoms with Gasteiger partial charge in [-0.1, -0.05) is 13.0 Å². The average molecular weight is 529 g/mol. The smallest absolute Gasteiger partial charge is 0.222 e. The summed E-state index contributed by atoms with van der Waals surface area (Å²) in [5.41, 5.74) is 1.09. The Balaban J connectivity index is 0.00000320. The summed E-state index contributed by atoms with van der Waals surface area (Å²) in [6, 6.07) is 4.47. The number of likely N-dealkylation sites (tertiary alicyclic amines) is 1. The summed E-state index contributed by atoms with van der Waals surface area (Å²) in [5.74, 6) is 2.07. The van der Waals surface area contributed by atoms with Crippen LogP contribution in [0.15, 0.2) is 23.3 Å². The Morgan fingerprint density at radius 3 is 2.60 bits per heavy atom. The molecule has 0 bridgehead atoms. The lowest BCUT2D eigenvalue weighted by Gasteiger charge is -2.33. The number of nitrogens with one attached hydrogen (secondary N) is 2. The van der Waals surface area contributed by atoms with Gasteiger partial charge in [0, 0.05) is 64.5 Å². The molecule has 2 aliphatic rings. The molecule has 30 heavy (non-hydrogen) atoms. The maximum atomic E-state index is 11.9. The number of aliphatic imine (C=N–C) groups is 1. The second-order valence-corrected chi connectivity index (χ2v) is 7.83. The number of pyridine rings is 1. The van der Waals surface area contributed by atoms with Crippen molar-refractivity contribution in [1.82, 2.24) is 25.4 Å². The van der Waals surface area contributed by atoms with Crippen LogP contribution in [0.4, 0.5) is 5.82 Å². The van der Waals surface area contributed by atoms with Crippen LogP contribution < -0.4 is 15.5 Å². The van der Waals surface area contributed by atoms with Gasteiger partial charge in [-0.15, -0.1) is 24.0 Å². The van der Waals surface area contributed by atoms with Crippen LogP contribution in [0.1, 0.15) is 32.3 Å². The van der Waals surface area contributed by atoms with E-state index in [0.29, 0.717) is 13.0 Å². The summed E-state index contributed by atoms with van der Waals surface area (Å²) in [7, 11) is 2.16. The molecule has 1 atom stereocenters. The van der Waals surface area contributed by atoms with Crippen LogP contribution in [-0.4, -0.2) is 85.6 Å². The number of hydrogen-bond donors (Lipinski definition) is 2. The Bertz CT molecular complexity index is 689. The number of guanidine groups is 1. The molecule has 3 rings (SSSR count). The van der Waals surface area contributed by atoms with Crippen LogP contribution in [0.2, 0.25) is 0 Å². The third-order valence-corrected chi connectivity index (χ3v) is 5.58. The lowest BCUT2D eigenvalue weighted by Crippen LogP contribution is -2.45. The molecule has 1 amide bonds. The maximum Gasteiger partial charge on any atom is 0.222 e. The second kappa shape index (κ2) is 12.3. The first-order chi connectivity index (χ1) is 14.1. The molecule has 2 aliphatic heterocycles. The molecule has 168 valence electrons. The van der Waals surface area contributed by atoms with E-state index in [9.17, 15) is 4.79 Å². The van der Waals surface area contributed by atoms with Crippen LogP contribution >= 0.6 is 24.0 Å². The van der Waals surface area contributed by atoms with Gasteiger partial charge < -0.3 is 25.3 Å². The van der Waals surface area contributed by atoms with E-state index in [-0.39, 0.29) is 35.9 Å². The van der Waals surface area contributed by atoms with Gasteiger partial charge >= 0.3 is 0 Å². The van der Waals surface area contributed by atoms with Crippen molar-refractivity contribution in [2.75, 3.05) is 57.8 Å². The summed E-state index contributed by atoms with van der Waals surface area (Å²) < 4.78 is 0. The average Bonchev–Trinajstić information content (AvgIpc) is 3.21. The van der Waals surface area contributed by atoms with Gasteiger partial charge in [0.15, 0.2) is 5.96 Å². The topological polar surface area (TPSA) is 76.1 Å². The SMILES string of the molecule is CCNC(=NCc1ccc(N2CCN(C)CC2)nc1)NC1CCN(C(=O)CC)C1.I. The van der Waals surface area contributed by atoms with Crippen molar-refractivity contribution in [1.29, 1.82) is 0 Å². The molecule has 1 aromatic rings. The van der Waals surface area contributed by atoms with Crippen molar-refractivity contribution in [3.63, 3.8) is 0 Å². The Labute approximate surface area is 197 Å². The first-order valence-electron chi connectivity index (χ1n) is 10.8. The number of piperazine rings is 1. The zero-order valence-electron chi connectivity index (χ0n) is 18.4. The zero-order chi connectivity index (χ0) is 20.6. The molecule has 0 aliphatic carbocycles. The lowest BCUT2D eigenvalue weighted by molar-refractivity contribution is -0.129. The van der Waals surface area contributed by atoms with Crippen LogP contribution in [0.5, 0.6) is 0 Å². The van der Waals surface area contributed by atoms with Crippen molar-refractivity contribution < 1.29 is 4.79 Å². The van der Waals surface area contributed by atoms with Gasteiger partial charge in [0.05, 0.1) is 6.54 Å². The zero-order valence-corrected chi connectivity index (χ0v) is 20.8. The number of hydrogen-bond acceptors (Lipinski definition) is 5. The molecule has 1 aromatic heterocycles. The summed E-state index contributed by atoms with van der Waals surface area (Å²) >= 11 is 0. The van der Waals surface area contributed by atoms with Crippen molar-refractivity contribution in [3.8, 4) is 0 Å². The van der Waals surface area contributed by atoms with E-state index in [2.05, 4.69) is 51.5 Å². The summed E-state index contributed by atoms with van der Waals surface area (Å²) in [5, 5.41) is 6.78. The number of rotatable bonds is 6. The number of carbonyl (C=O) groups is 1. The fraction of sp³-hybridized carbons (Fsp3) is 0.667. The van der Waals surface area contributed by atoms with Gasteiger partial charge in [-0.25, -0.2) is 9.98 Å². The minimum Gasteiger partial charge on any atom is -0.357 e. The van der Waals surface area contributed by atoms with Crippen molar-refractivity contribution in [3.05, 3.63) is 23.9 Å². The third-order valence-electron chi connectivity index (χ3n) is 5.58. The molecule has 2 N–H and O–H groups in total. The molecule has 1 unspecified atom stereocenters. The largest absolute Gasteiger partial charge is 0.357 e. The predicted molar refractivity (Wildman–Crippen MR) is 133 cm³/mol. The van der Waals surface area contributed by atoms with E-state index in [0.717, 1.165) is 69.6 Å². The van der Waals surface area contributed by atoms with E-state index in [1.54, 1.807) is 0 Å². The van der Waals surface area contributed by atoms with E-state index in [1.165, 1.54) is 0 Å². The quantitative estimate of drug-likeness (QED) is 0.331. The van der Waals surface area contributed by atoms with E-state index >= 15 is 0 Å². The minimum absolute atomic E-state index is 0. The van der Waals surface area contributed by atoms with E-state index in [1.807, 2.05) is 18.0 Å². The van der Waals surface area contributed by atoms with Gasteiger partial charge in [0.2, 0.25) is 5.91 Å². The van der Waals surface area contributed by atoms with Gasteiger partial charge in [-0.05, 0) is 32.0 Å². The van der Waals surface area contributed by atoms with Crippen LogP contribution in [0.25, 0.3) is 0 Å². The number of amides is 1. The Morgan fingerprint density at radius 1 is 1.20 bits per heavy atom. The van der Waals surface area contributed by atoms with Crippen molar-refractivity contribution in [2.24, 2.45) is 4.99 Å². The summed E-state index contributed by atoms with van der Waals surface area (Å²) in [6.45, 7) is 11.1. The fourth-order valence-corrected chi connectivity index (χ4v) is 3.74. The highest BCUT2D eigenvalue weighted by molar-refractivity contribution is 14.0. The lowest BCUT2D eigenvalue weighted by atomic mass is 10.2. The predicted octanol–water partition coefficient (Wildman–Crippen LogP) is 1.52. The normalized spacial score (nSPS) is 20.1. The monoisotopic (exact) mass is 529 g/mol. The van der Waals surface area contributed by atoms with Gasteiger partial charge in [0.25, 0.3) is 0 Å². The highest BCUT2D eigenvalue weighted by Gasteiger charge is 2.25. The highest BCUT2D eigenvalue weighted by Crippen LogP contribution is 2.14. The Hall–Kier alpha value is -1.62. The van der Waals surface area contributed by atoms with E-state index < -0.39 is 0 Å². The molecule has 0 radical (unpaired) electrons. The number of likely N-dealkylation sites (N-methyl/N-ethyl adjacent to an activating group) is 1. The van der Waals surface area contributed by atoms with Gasteiger partial charge in [0.1, 0.15) is 5.82 Å². The first kappa shape index (κ1) is 24.6. The Kier molecular flexibility index (Phi) is 10.1. The van der Waals surface area contributed by atoms with Gasteiger partial charge in [-0.3, -0.25) is 4.79 Å². The fourth-order valence-electron chi connectivity index (χ4n) is 3.74. The summed E-state index contributed by atoms with van der Waals surface area (Å²) in [6.07, 6.45) is 3.45. The van der Waals surface area contributed by atoms with Crippen LogP contribution in [-0.2, 0) is 11.3 Å². The van der Waals surface area contributed by atoms with Gasteiger partial charge in [-0.2, -0.15) is 0 Å². The molecular weight excluding hydrogens is 493 g/mol. The number of aromatic nitrogens is 1. The highest BCUT2D eigenvalue weighted by atomic mass is 127. The van der Waals surface area contributed by atoms with Crippen molar-refractivity contribution in [2.45, 2.75) is 39.3 Å².